The Labute approximate surface area is 179 Å². The smallest absolute Gasteiger partial charge is 0.267 e. The Kier molecular flexibility index (Phi) is 6.96. The van der Waals surface area contributed by atoms with Crippen LogP contribution in [0.25, 0.3) is 0 Å². The van der Waals surface area contributed by atoms with Gasteiger partial charge in [0.15, 0.2) is 0 Å². The van der Waals surface area contributed by atoms with E-state index in [1.165, 1.54) is 6.20 Å². The molecule has 0 heterocycles. The zero-order chi connectivity index (χ0) is 20.6. The average molecular weight is 420 g/mol. The Morgan fingerprint density at radius 2 is 1.76 bits per heavy atom. The lowest BCUT2D eigenvalue weighted by molar-refractivity contribution is -0.112. The molecule has 0 saturated heterocycles. The highest BCUT2D eigenvalue weighted by atomic mass is 35.5. The zero-order valence-corrected chi connectivity index (χ0v) is 17.2. The summed E-state index contributed by atoms with van der Waals surface area (Å²) in [5.41, 5.74) is 2.31. The van der Waals surface area contributed by atoms with Gasteiger partial charge in [0, 0.05) is 26.7 Å². The minimum absolute atomic E-state index is 0.0288. The average Bonchev–Trinajstić information content (AvgIpc) is 2.72. The van der Waals surface area contributed by atoms with E-state index >= 15 is 0 Å². The number of para-hydroxylation sites is 1. The summed E-state index contributed by atoms with van der Waals surface area (Å²) in [7, 11) is 0. The summed E-state index contributed by atoms with van der Waals surface area (Å²) in [6.07, 6.45) is 1.40. The summed E-state index contributed by atoms with van der Waals surface area (Å²) >= 11 is 7.50. The van der Waals surface area contributed by atoms with Gasteiger partial charge in [0.1, 0.15) is 11.6 Å². The number of aryl methyl sites for hydroxylation is 1. The number of nitriles is 1. The monoisotopic (exact) mass is 419 g/mol. The van der Waals surface area contributed by atoms with Crippen molar-refractivity contribution in [2.75, 3.05) is 10.6 Å². The van der Waals surface area contributed by atoms with Crippen LogP contribution >= 0.6 is 23.4 Å². The SMILES string of the molecule is Cc1cc(Cl)ccc1N/C=C(/C#N)C(=O)Nc1ccccc1Sc1ccccc1. The zero-order valence-electron chi connectivity index (χ0n) is 15.6. The molecular weight excluding hydrogens is 402 g/mol. The van der Waals surface area contributed by atoms with E-state index in [2.05, 4.69) is 10.6 Å². The van der Waals surface area contributed by atoms with Crippen molar-refractivity contribution in [1.82, 2.24) is 0 Å². The fraction of sp³-hybridized carbons (Fsp3) is 0.0435. The predicted octanol–water partition coefficient (Wildman–Crippen LogP) is 6.26. The molecule has 0 fully saturated rings. The molecule has 0 spiro atoms. The van der Waals surface area contributed by atoms with Crippen molar-refractivity contribution in [2.24, 2.45) is 0 Å². The number of benzene rings is 3. The number of hydrogen-bond donors (Lipinski definition) is 2. The van der Waals surface area contributed by atoms with E-state index in [0.717, 1.165) is 21.0 Å². The molecule has 0 saturated carbocycles. The molecule has 4 nitrogen and oxygen atoms in total. The number of nitrogens with zero attached hydrogens (tertiary/aromatic N) is 1. The van der Waals surface area contributed by atoms with Gasteiger partial charge in [0.2, 0.25) is 0 Å². The van der Waals surface area contributed by atoms with E-state index in [1.54, 1.807) is 30.0 Å². The molecule has 0 aliphatic carbocycles. The van der Waals surface area contributed by atoms with Gasteiger partial charge in [0.05, 0.1) is 5.69 Å². The highest BCUT2D eigenvalue weighted by Crippen LogP contribution is 2.33. The van der Waals surface area contributed by atoms with Crippen LogP contribution in [0.3, 0.4) is 0 Å². The molecule has 0 bridgehead atoms. The van der Waals surface area contributed by atoms with Gasteiger partial charge in [-0.25, -0.2) is 0 Å². The van der Waals surface area contributed by atoms with Crippen LogP contribution in [0.5, 0.6) is 0 Å². The molecule has 0 radical (unpaired) electrons. The standard InChI is InChI=1S/C23H18ClN3OS/c1-16-13-18(24)11-12-20(16)26-15-17(14-25)23(28)27-21-9-5-6-10-22(21)29-19-7-3-2-4-8-19/h2-13,15,26H,1H3,(H,27,28)/b17-15-. The normalized spacial score (nSPS) is 10.9. The Morgan fingerprint density at radius 1 is 1.03 bits per heavy atom. The van der Waals surface area contributed by atoms with Gasteiger partial charge in [-0.2, -0.15) is 5.26 Å². The van der Waals surface area contributed by atoms with Gasteiger partial charge in [0.25, 0.3) is 5.91 Å². The molecule has 0 aromatic heterocycles. The number of carbonyl (C=O) groups excluding carboxylic acids is 1. The maximum atomic E-state index is 12.6. The third-order valence-electron chi connectivity index (χ3n) is 4.03. The second-order valence-electron chi connectivity index (χ2n) is 6.14. The molecule has 29 heavy (non-hydrogen) atoms. The van der Waals surface area contributed by atoms with Crippen molar-refractivity contribution in [3.05, 3.63) is 95.2 Å². The summed E-state index contributed by atoms with van der Waals surface area (Å²) in [6, 6.07) is 24.7. The minimum atomic E-state index is -0.479. The topological polar surface area (TPSA) is 64.9 Å². The number of carbonyl (C=O) groups is 1. The summed E-state index contributed by atoms with van der Waals surface area (Å²) < 4.78 is 0. The van der Waals surface area contributed by atoms with Crippen LogP contribution in [0.2, 0.25) is 5.02 Å². The van der Waals surface area contributed by atoms with Gasteiger partial charge >= 0.3 is 0 Å². The van der Waals surface area contributed by atoms with Crippen LogP contribution in [0.15, 0.2) is 94.4 Å². The molecular formula is C23H18ClN3OS. The van der Waals surface area contributed by atoms with Crippen LogP contribution < -0.4 is 10.6 Å². The molecule has 2 N–H and O–H groups in total. The molecule has 3 aromatic rings. The molecule has 3 aromatic carbocycles. The van der Waals surface area contributed by atoms with Gasteiger partial charge in [-0.15, -0.1) is 0 Å². The van der Waals surface area contributed by atoms with Crippen molar-refractivity contribution >= 4 is 40.6 Å². The van der Waals surface area contributed by atoms with Crippen LogP contribution in [0.1, 0.15) is 5.56 Å². The third-order valence-corrected chi connectivity index (χ3v) is 5.35. The quantitative estimate of drug-likeness (QED) is 0.365. The van der Waals surface area contributed by atoms with E-state index in [9.17, 15) is 10.1 Å². The van der Waals surface area contributed by atoms with Crippen molar-refractivity contribution in [3.8, 4) is 6.07 Å². The molecule has 0 aliphatic rings. The highest BCUT2D eigenvalue weighted by molar-refractivity contribution is 7.99. The molecule has 6 heteroatoms. The lowest BCUT2D eigenvalue weighted by Gasteiger charge is -2.11. The number of hydrogen-bond acceptors (Lipinski definition) is 4. The Balaban J connectivity index is 1.75. The Morgan fingerprint density at radius 3 is 2.48 bits per heavy atom. The Hall–Kier alpha value is -3.20. The first-order valence-electron chi connectivity index (χ1n) is 8.83. The summed E-state index contributed by atoms with van der Waals surface area (Å²) in [5.74, 6) is -0.479. The number of halogens is 1. The lowest BCUT2D eigenvalue weighted by atomic mass is 10.2. The lowest BCUT2D eigenvalue weighted by Crippen LogP contribution is -2.15. The molecule has 3 rings (SSSR count). The van der Waals surface area contributed by atoms with Crippen molar-refractivity contribution < 1.29 is 4.79 Å². The second-order valence-corrected chi connectivity index (χ2v) is 7.69. The van der Waals surface area contributed by atoms with Gasteiger partial charge in [-0.3, -0.25) is 4.79 Å². The van der Waals surface area contributed by atoms with E-state index in [4.69, 9.17) is 11.6 Å². The molecule has 1 amide bonds. The molecule has 0 aliphatic heterocycles. The van der Waals surface area contributed by atoms with Crippen LogP contribution in [-0.2, 0) is 4.79 Å². The molecule has 0 unspecified atom stereocenters. The fourth-order valence-corrected chi connectivity index (χ4v) is 3.70. The van der Waals surface area contributed by atoms with Crippen molar-refractivity contribution in [2.45, 2.75) is 16.7 Å². The second kappa shape index (κ2) is 9.83. The minimum Gasteiger partial charge on any atom is -0.360 e. The summed E-state index contributed by atoms with van der Waals surface area (Å²) in [5, 5.41) is 15.9. The van der Waals surface area contributed by atoms with Crippen LogP contribution in [-0.4, -0.2) is 5.91 Å². The summed E-state index contributed by atoms with van der Waals surface area (Å²) in [6.45, 7) is 1.89. The number of amides is 1. The Bertz CT molecular complexity index is 1090. The molecule has 0 atom stereocenters. The van der Waals surface area contributed by atoms with E-state index in [1.807, 2.05) is 67.6 Å². The predicted molar refractivity (Wildman–Crippen MR) is 119 cm³/mol. The first-order valence-corrected chi connectivity index (χ1v) is 10.0. The van der Waals surface area contributed by atoms with Gasteiger partial charge in [-0.1, -0.05) is 53.7 Å². The number of nitrogens with one attached hydrogen (secondary N) is 2. The largest absolute Gasteiger partial charge is 0.360 e. The van der Waals surface area contributed by atoms with E-state index < -0.39 is 5.91 Å². The van der Waals surface area contributed by atoms with Gasteiger partial charge < -0.3 is 10.6 Å². The first-order chi connectivity index (χ1) is 14.1. The van der Waals surface area contributed by atoms with Crippen molar-refractivity contribution in [3.63, 3.8) is 0 Å². The summed E-state index contributed by atoms with van der Waals surface area (Å²) in [4.78, 5) is 14.6. The maximum Gasteiger partial charge on any atom is 0.267 e. The number of rotatable bonds is 6. The van der Waals surface area contributed by atoms with E-state index in [-0.39, 0.29) is 5.57 Å². The maximum absolute atomic E-state index is 12.6. The van der Waals surface area contributed by atoms with Crippen LogP contribution in [0.4, 0.5) is 11.4 Å². The van der Waals surface area contributed by atoms with Gasteiger partial charge in [-0.05, 0) is 55.0 Å². The fourth-order valence-electron chi connectivity index (χ4n) is 2.55. The van der Waals surface area contributed by atoms with Crippen LogP contribution in [0, 0.1) is 18.3 Å². The van der Waals surface area contributed by atoms with Crippen molar-refractivity contribution in [1.29, 1.82) is 5.26 Å². The first kappa shape index (κ1) is 20.5. The third kappa shape index (κ3) is 5.64. The highest BCUT2D eigenvalue weighted by Gasteiger charge is 2.12. The van der Waals surface area contributed by atoms with E-state index in [0.29, 0.717) is 10.7 Å². The molecule has 144 valence electrons. The number of anilines is 2.